The Balaban J connectivity index is 2.02. The lowest BCUT2D eigenvalue weighted by Gasteiger charge is -2.10. The molecule has 2 aromatic carbocycles. The monoisotopic (exact) mass is 343 g/mol. The van der Waals surface area contributed by atoms with E-state index in [0.29, 0.717) is 18.1 Å². The molecule has 0 aliphatic heterocycles. The molecule has 0 unspecified atom stereocenters. The zero-order chi connectivity index (χ0) is 14.8. The number of benzene rings is 2. The second-order valence-electron chi connectivity index (χ2n) is 4.83. The van der Waals surface area contributed by atoms with E-state index in [-0.39, 0.29) is 0 Å². The number of nitrogens with zero attached hydrogens (tertiary/aromatic N) is 4. The second-order valence-corrected chi connectivity index (χ2v) is 5.74. The summed E-state index contributed by atoms with van der Waals surface area (Å²) < 4.78 is 2.80. The van der Waals surface area contributed by atoms with Crippen molar-refractivity contribution in [3.63, 3.8) is 0 Å². The summed E-state index contributed by atoms with van der Waals surface area (Å²) in [5.41, 5.74) is 9.82. The minimum Gasteiger partial charge on any atom is -0.398 e. The summed E-state index contributed by atoms with van der Waals surface area (Å²) in [6.07, 6.45) is 0. The molecular formula is C15H14BrN5. The van der Waals surface area contributed by atoms with Gasteiger partial charge in [0.2, 0.25) is 0 Å². The quantitative estimate of drug-likeness (QED) is 0.742. The van der Waals surface area contributed by atoms with E-state index < -0.39 is 0 Å². The van der Waals surface area contributed by atoms with Crippen LogP contribution < -0.4 is 5.73 Å². The normalized spacial score (nSPS) is 10.8. The SMILES string of the molecule is Cc1cccc(N)c1-c1nnnn1Cc1cccc(Br)c1. The van der Waals surface area contributed by atoms with Crippen molar-refractivity contribution in [2.45, 2.75) is 13.5 Å². The minimum absolute atomic E-state index is 0.593. The molecular weight excluding hydrogens is 330 g/mol. The average Bonchev–Trinajstić information content (AvgIpc) is 2.87. The summed E-state index contributed by atoms with van der Waals surface area (Å²) in [5, 5.41) is 12.0. The van der Waals surface area contributed by atoms with Crippen LogP contribution in [0, 0.1) is 6.92 Å². The van der Waals surface area contributed by atoms with Gasteiger partial charge in [0.15, 0.2) is 5.82 Å². The van der Waals surface area contributed by atoms with Crippen molar-refractivity contribution < 1.29 is 0 Å². The molecule has 0 amide bonds. The number of hydrogen-bond acceptors (Lipinski definition) is 4. The number of nitrogen functional groups attached to an aromatic ring is 1. The third kappa shape index (κ3) is 2.80. The molecule has 21 heavy (non-hydrogen) atoms. The van der Waals surface area contributed by atoms with Crippen molar-refractivity contribution in [3.05, 3.63) is 58.1 Å². The topological polar surface area (TPSA) is 69.6 Å². The molecule has 0 saturated heterocycles. The zero-order valence-electron chi connectivity index (χ0n) is 11.5. The Hall–Kier alpha value is -2.21. The van der Waals surface area contributed by atoms with Crippen LogP contribution in [0.15, 0.2) is 46.9 Å². The molecule has 1 aromatic heterocycles. The molecule has 2 N–H and O–H groups in total. The Bertz CT molecular complexity index is 761. The fourth-order valence-corrected chi connectivity index (χ4v) is 2.74. The van der Waals surface area contributed by atoms with Gasteiger partial charge in [-0.1, -0.05) is 40.2 Å². The fourth-order valence-electron chi connectivity index (χ4n) is 2.29. The van der Waals surface area contributed by atoms with Crippen molar-refractivity contribution in [1.29, 1.82) is 0 Å². The van der Waals surface area contributed by atoms with Gasteiger partial charge in [0, 0.05) is 15.7 Å². The second kappa shape index (κ2) is 5.65. The summed E-state index contributed by atoms with van der Waals surface area (Å²) in [5.74, 6) is 0.686. The summed E-state index contributed by atoms with van der Waals surface area (Å²) in [4.78, 5) is 0. The Morgan fingerprint density at radius 1 is 1.19 bits per heavy atom. The molecule has 3 aromatic rings. The molecule has 1 heterocycles. The maximum absolute atomic E-state index is 6.08. The number of aryl methyl sites for hydroxylation is 1. The Morgan fingerprint density at radius 2 is 2.00 bits per heavy atom. The summed E-state index contributed by atoms with van der Waals surface area (Å²) >= 11 is 3.47. The van der Waals surface area contributed by atoms with Gasteiger partial charge in [-0.3, -0.25) is 0 Å². The van der Waals surface area contributed by atoms with E-state index >= 15 is 0 Å². The fraction of sp³-hybridized carbons (Fsp3) is 0.133. The summed E-state index contributed by atoms with van der Waals surface area (Å²) in [7, 11) is 0. The van der Waals surface area contributed by atoms with Crippen LogP contribution in [0.25, 0.3) is 11.4 Å². The molecule has 0 bridgehead atoms. The van der Waals surface area contributed by atoms with Crippen LogP contribution in [0.2, 0.25) is 0 Å². The molecule has 3 rings (SSSR count). The van der Waals surface area contributed by atoms with Crippen molar-refractivity contribution in [2.24, 2.45) is 0 Å². The van der Waals surface area contributed by atoms with Crippen LogP contribution in [-0.2, 0) is 6.54 Å². The number of rotatable bonds is 3. The zero-order valence-corrected chi connectivity index (χ0v) is 13.1. The highest BCUT2D eigenvalue weighted by atomic mass is 79.9. The lowest BCUT2D eigenvalue weighted by Crippen LogP contribution is -2.06. The Kier molecular flexibility index (Phi) is 3.70. The van der Waals surface area contributed by atoms with E-state index in [9.17, 15) is 0 Å². The van der Waals surface area contributed by atoms with Gasteiger partial charge >= 0.3 is 0 Å². The third-order valence-electron chi connectivity index (χ3n) is 3.28. The Morgan fingerprint density at radius 3 is 2.76 bits per heavy atom. The molecule has 0 aliphatic rings. The molecule has 106 valence electrons. The predicted octanol–water partition coefficient (Wildman–Crippen LogP) is 3.04. The first kappa shape index (κ1) is 13.8. The molecule has 5 nitrogen and oxygen atoms in total. The maximum atomic E-state index is 6.08. The lowest BCUT2D eigenvalue weighted by molar-refractivity contribution is 0.653. The number of hydrogen-bond donors (Lipinski definition) is 1. The van der Waals surface area contributed by atoms with Gasteiger partial charge in [0.1, 0.15) is 0 Å². The van der Waals surface area contributed by atoms with Crippen LogP contribution in [0.5, 0.6) is 0 Å². The molecule has 0 radical (unpaired) electrons. The van der Waals surface area contributed by atoms with E-state index in [1.54, 1.807) is 4.68 Å². The summed E-state index contributed by atoms with van der Waals surface area (Å²) in [6.45, 7) is 2.60. The van der Waals surface area contributed by atoms with E-state index in [1.807, 2.05) is 49.4 Å². The highest BCUT2D eigenvalue weighted by Gasteiger charge is 2.14. The van der Waals surface area contributed by atoms with Crippen LogP contribution in [0.4, 0.5) is 5.69 Å². The van der Waals surface area contributed by atoms with E-state index in [0.717, 1.165) is 21.2 Å². The van der Waals surface area contributed by atoms with Crippen molar-refractivity contribution in [3.8, 4) is 11.4 Å². The highest BCUT2D eigenvalue weighted by Crippen LogP contribution is 2.27. The van der Waals surface area contributed by atoms with E-state index in [2.05, 4.69) is 31.5 Å². The lowest BCUT2D eigenvalue weighted by atomic mass is 10.1. The van der Waals surface area contributed by atoms with E-state index in [1.165, 1.54) is 0 Å². The van der Waals surface area contributed by atoms with Gasteiger partial charge in [0.05, 0.1) is 6.54 Å². The van der Waals surface area contributed by atoms with Gasteiger partial charge in [-0.25, -0.2) is 4.68 Å². The smallest absolute Gasteiger partial charge is 0.184 e. The van der Waals surface area contributed by atoms with Gasteiger partial charge in [-0.2, -0.15) is 0 Å². The first-order valence-electron chi connectivity index (χ1n) is 6.51. The Labute approximate surface area is 130 Å². The molecule has 0 aliphatic carbocycles. The minimum atomic E-state index is 0.593. The number of nitrogens with two attached hydrogens (primary N) is 1. The van der Waals surface area contributed by atoms with Gasteiger partial charge in [0.25, 0.3) is 0 Å². The number of anilines is 1. The van der Waals surface area contributed by atoms with Crippen LogP contribution in [-0.4, -0.2) is 20.2 Å². The number of aromatic nitrogens is 4. The van der Waals surface area contributed by atoms with Gasteiger partial charge < -0.3 is 5.73 Å². The maximum Gasteiger partial charge on any atom is 0.184 e. The standard InChI is InChI=1S/C15H14BrN5/c1-10-4-2-7-13(17)14(10)15-18-19-20-21(15)9-11-5-3-6-12(16)8-11/h2-8H,9,17H2,1H3. The summed E-state index contributed by atoms with van der Waals surface area (Å²) in [6, 6.07) is 13.9. The van der Waals surface area contributed by atoms with Crippen molar-refractivity contribution >= 4 is 21.6 Å². The third-order valence-corrected chi connectivity index (χ3v) is 3.78. The van der Waals surface area contributed by atoms with Crippen LogP contribution >= 0.6 is 15.9 Å². The van der Waals surface area contributed by atoms with Gasteiger partial charge in [-0.15, -0.1) is 5.10 Å². The van der Waals surface area contributed by atoms with Crippen LogP contribution in [0.3, 0.4) is 0 Å². The van der Waals surface area contributed by atoms with E-state index in [4.69, 9.17) is 5.73 Å². The first-order valence-corrected chi connectivity index (χ1v) is 7.30. The van der Waals surface area contributed by atoms with Crippen molar-refractivity contribution in [1.82, 2.24) is 20.2 Å². The largest absolute Gasteiger partial charge is 0.398 e. The highest BCUT2D eigenvalue weighted by molar-refractivity contribution is 9.10. The molecule has 0 fully saturated rings. The molecule has 6 heteroatoms. The molecule has 0 atom stereocenters. The number of tetrazole rings is 1. The van der Waals surface area contributed by atoms with Gasteiger partial charge in [-0.05, 0) is 46.7 Å². The van der Waals surface area contributed by atoms with Crippen molar-refractivity contribution in [2.75, 3.05) is 5.73 Å². The molecule has 0 spiro atoms. The first-order chi connectivity index (χ1) is 10.1. The average molecular weight is 344 g/mol. The predicted molar refractivity (Wildman–Crippen MR) is 85.6 cm³/mol. The number of halogens is 1. The molecule has 0 saturated carbocycles. The van der Waals surface area contributed by atoms with Crippen LogP contribution in [0.1, 0.15) is 11.1 Å².